The van der Waals surface area contributed by atoms with Crippen molar-refractivity contribution in [3.05, 3.63) is 28.5 Å². The topological polar surface area (TPSA) is 123 Å². The van der Waals surface area contributed by atoms with Crippen molar-refractivity contribution >= 4 is 34.2 Å². The molecule has 0 aliphatic heterocycles. The molecular formula is C13H16N6O2S. The third kappa shape index (κ3) is 4.77. The molecule has 0 atom stereocenters. The Bertz CT molecular complexity index is 679. The first-order chi connectivity index (χ1) is 10.4. The molecule has 0 aliphatic rings. The van der Waals surface area contributed by atoms with Gasteiger partial charge in [-0.1, -0.05) is 0 Å². The zero-order valence-electron chi connectivity index (χ0n) is 12.2. The molecule has 2 aromatic rings. The molecule has 9 heteroatoms. The number of thiazole rings is 1. The second-order valence-corrected chi connectivity index (χ2v) is 5.52. The number of carbonyl (C=O) groups excluding carboxylic acids is 2. The maximum absolute atomic E-state index is 11.6. The summed E-state index contributed by atoms with van der Waals surface area (Å²) in [6, 6.07) is 1.88. The van der Waals surface area contributed by atoms with E-state index in [-0.39, 0.29) is 18.9 Å². The molecule has 22 heavy (non-hydrogen) atoms. The molecule has 8 nitrogen and oxygen atoms in total. The monoisotopic (exact) mass is 320 g/mol. The Labute approximate surface area is 131 Å². The first-order valence-corrected chi connectivity index (χ1v) is 7.39. The zero-order valence-corrected chi connectivity index (χ0v) is 13.0. The van der Waals surface area contributed by atoms with Crippen LogP contribution in [0.25, 0.3) is 0 Å². The smallest absolute Gasteiger partial charge is 0.236 e. The number of aromatic nitrogens is 3. The number of hydrogen-bond acceptors (Lipinski definition) is 7. The number of carbonyl (C=O) groups is 2. The van der Waals surface area contributed by atoms with Crippen LogP contribution in [0, 0.1) is 13.8 Å². The van der Waals surface area contributed by atoms with Crippen LogP contribution in [0.4, 0.5) is 11.1 Å². The molecule has 0 saturated heterocycles. The fourth-order valence-electron chi connectivity index (χ4n) is 1.74. The Morgan fingerprint density at radius 1 is 1.23 bits per heavy atom. The van der Waals surface area contributed by atoms with Crippen molar-refractivity contribution < 1.29 is 9.59 Å². The van der Waals surface area contributed by atoms with Gasteiger partial charge in [-0.05, 0) is 19.9 Å². The minimum absolute atomic E-state index is 0.0825. The predicted octanol–water partition coefficient (Wildman–Crippen LogP) is 0.438. The van der Waals surface area contributed by atoms with Gasteiger partial charge in [-0.25, -0.2) is 15.0 Å². The summed E-state index contributed by atoms with van der Waals surface area (Å²) < 4.78 is 0. The number of amides is 2. The van der Waals surface area contributed by atoms with E-state index in [1.807, 2.05) is 19.9 Å². The lowest BCUT2D eigenvalue weighted by Gasteiger charge is -2.03. The lowest BCUT2D eigenvalue weighted by atomic mass is 10.3. The molecule has 0 fully saturated rings. The molecule has 2 rings (SSSR count). The minimum atomic E-state index is -0.582. The van der Waals surface area contributed by atoms with Crippen molar-refractivity contribution in [1.82, 2.24) is 20.3 Å². The van der Waals surface area contributed by atoms with E-state index < -0.39 is 5.91 Å². The highest BCUT2D eigenvalue weighted by atomic mass is 32.1. The van der Waals surface area contributed by atoms with E-state index in [4.69, 9.17) is 5.73 Å². The zero-order chi connectivity index (χ0) is 16.1. The van der Waals surface area contributed by atoms with Crippen molar-refractivity contribution in [3.8, 4) is 0 Å². The van der Waals surface area contributed by atoms with Crippen LogP contribution in [-0.2, 0) is 16.0 Å². The first-order valence-electron chi connectivity index (χ1n) is 6.51. The van der Waals surface area contributed by atoms with Crippen molar-refractivity contribution in [3.63, 3.8) is 0 Å². The number of nitrogens with zero attached hydrogens (tertiary/aromatic N) is 3. The standard InChI is InChI=1S/C13H16N6O2S/c1-7-3-8(2)17-12(16-7)19-13-18-9(6-22-13)4-11(21)15-5-10(14)20/h3,6H,4-5H2,1-2H3,(H2,14,20)(H,15,21)(H,16,17,18,19). The average molecular weight is 320 g/mol. The maximum Gasteiger partial charge on any atom is 0.236 e. The van der Waals surface area contributed by atoms with E-state index in [1.165, 1.54) is 11.3 Å². The third-order valence-electron chi connectivity index (χ3n) is 2.55. The highest BCUT2D eigenvalue weighted by Crippen LogP contribution is 2.19. The molecule has 0 bridgehead atoms. The minimum Gasteiger partial charge on any atom is -0.368 e. The van der Waals surface area contributed by atoms with E-state index in [0.717, 1.165) is 11.4 Å². The average Bonchev–Trinajstić information content (AvgIpc) is 2.82. The summed E-state index contributed by atoms with van der Waals surface area (Å²) in [6.45, 7) is 3.59. The number of anilines is 2. The van der Waals surface area contributed by atoms with E-state index in [0.29, 0.717) is 16.8 Å². The van der Waals surface area contributed by atoms with E-state index >= 15 is 0 Å². The SMILES string of the molecule is Cc1cc(C)nc(Nc2nc(CC(=O)NCC(N)=O)cs2)n1. The molecule has 4 N–H and O–H groups in total. The van der Waals surface area contributed by atoms with Gasteiger partial charge < -0.3 is 16.4 Å². The second kappa shape index (κ2) is 6.94. The van der Waals surface area contributed by atoms with Crippen LogP contribution in [0.3, 0.4) is 0 Å². The summed E-state index contributed by atoms with van der Waals surface area (Å²) in [5.74, 6) is -0.421. The molecule has 2 aromatic heterocycles. The molecule has 0 aliphatic carbocycles. The summed E-state index contributed by atoms with van der Waals surface area (Å²) >= 11 is 1.35. The van der Waals surface area contributed by atoms with Gasteiger partial charge in [0.05, 0.1) is 18.7 Å². The van der Waals surface area contributed by atoms with Gasteiger partial charge in [-0.2, -0.15) is 0 Å². The Hall–Kier alpha value is -2.55. The number of nitrogens with two attached hydrogens (primary N) is 1. The van der Waals surface area contributed by atoms with Gasteiger partial charge in [0.2, 0.25) is 17.8 Å². The third-order valence-corrected chi connectivity index (χ3v) is 3.36. The summed E-state index contributed by atoms with van der Waals surface area (Å²) in [5, 5.41) is 7.78. The first kappa shape index (κ1) is 15.8. The van der Waals surface area contributed by atoms with Gasteiger partial charge in [-0.15, -0.1) is 11.3 Å². The normalized spacial score (nSPS) is 10.3. The van der Waals surface area contributed by atoms with Gasteiger partial charge >= 0.3 is 0 Å². The molecule has 0 aromatic carbocycles. The Morgan fingerprint density at radius 3 is 2.55 bits per heavy atom. The van der Waals surface area contributed by atoms with Crippen LogP contribution in [0.1, 0.15) is 17.1 Å². The largest absolute Gasteiger partial charge is 0.368 e. The summed E-state index contributed by atoms with van der Waals surface area (Å²) in [7, 11) is 0. The number of nitrogens with one attached hydrogen (secondary N) is 2. The summed E-state index contributed by atoms with van der Waals surface area (Å²) in [4.78, 5) is 35.0. The summed E-state index contributed by atoms with van der Waals surface area (Å²) in [5.41, 5.74) is 7.27. The highest BCUT2D eigenvalue weighted by Gasteiger charge is 2.09. The molecule has 0 radical (unpaired) electrons. The number of rotatable bonds is 6. The number of hydrogen-bond donors (Lipinski definition) is 3. The Morgan fingerprint density at radius 2 is 1.91 bits per heavy atom. The van der Waals surface area contributed by atoms with E-state index in [2.05, 4.69) is 25.6 Å². The Balaban J connectivity index is 1.96. The van der Waals surface area contributed by atoms with Crippen molar-refractivity contribution in [1.29, 1.82) is 0 Å². The molecule has 116 valence electrons. The predicted molar refractivity (Wildman–Crippen MR) is 82.8 cm³/mol. The van der Waals surface area contributed by atoms with Gasteiger partial charge in [0.1, 0.15) is 0 Å². The molecular weight excluding hydrogens is 304 g/mol. The van der Waals surface area contributed by atoms with E-state index in [9.17, 15) is 9.59 Å². The van der Waals surface area contributed by atoms with Crippen LogP contribution < -0.4 is 16.4 Å². The fraction of sp³-hybridized carbons (Fsp3) is 0.308. The van der Waals surface area contributed by atoms with Crippen LogP contribution in [-0.4, -0.2) is 33.3 Å². The fourth-order valence-corrected chi connectivity index (χ4v) is 2.44. The van der Waals surface area contributed by atoms with Crippen LogP contribution in [0.2, 0.25) is 0 Å². The van der Waals surface area contributed by atoms with Crippen LogP contribution in [0.15, 0.2) is 11.4 Å². The quantitative estimate of drug-likeness (QED) is 0.709. The number of aryl methyl sites for hydroxylation is 2. The van der Waals surface area contributed by atoms with Gasteiger partial charge in [0.25, 0.3) is 0 Å². The molecule has 0 unspecified atom stereocenters. The van der Waals surface area contributed by atoms with Crippen molar-refractivity contribution in [2.24, 2.45) is 5.73 Å². The van der Waals surface area contributed by atoms with Crippen LogP contribution in [0.5, 0.6) is 0 Å². The molecule has 0 saturated carbocycles. The van der Waals surface area contributed by atoms with Crippen LogP contribution >= 0.6 is 11.3 Å². The summed E-state index contributed by atoms with van der Waals surface area (Å²) in [6.07, 6.45) is 0.0825. The lowest BCUT2D eigenvalue weighted by molar-refractivity contribution is -0.124. The van der Waals surface area contributed by atoms with Crippen molar-refractivity contribution in [2.75, 3.05) is 11.9 Å². The van der Waals surface area contributed by atoms with Gasteiger partial charge in [0, 0.05) is 16.8 Å². The van der Waals surface area contributed by atoms with Crippen molar-refractivity contribution in [2.45, 2.75) is 20.3 Å². The van der Waals surface area contributed by atoms with Gasteiger partial charge in [-0.3, -0.25) is 9.59 Å². The second-order valence-electron chi connectivity index (χ2n) is 4.66. The Kier molecular flexibility index (Phi) is 4.99. The molecule has 2 heterocycles. The lowest BCUT2D eigenvalue weighted by Crippen LogP contribution is -2.34. The number of primary amides is 1. The molecule has 0 spiro atoms. The molecule has 2 amide bonds. The van der Waals surface area contributed by atoms with Gasteiger partial charge in [0.15, 0.2) is 5.13 Å². The highest BCUT2D eigenvalue weighted by molar-refractivity contribution is 7.13. The maximum atomic E-state index is 11.6. The van der Waals surface area contributed by atoms with E-state index in [1.54, 1.807) is 5.38 Å².